The molecular weight excluding hydrogens is 574 g/mol. The number of nitrogens with one attached hydrogen (secondary N) is 2. The van der Waals surface area contributed by atoms with Gasteiger partial charge in [-0.3, -0.25) is 9.59 Å². The topological polar surface area (TPSA) is 106 Å². The van der Waals surface area contributed by atoms with E-state index in [-0.39, 0.29) is 11.7 Å². The van der Waals surface area contributed by atoms with Gasteiger partial charge in [0.05, 0.1) is 13.3 Å². The molecule has 0 aliphatic carbocycles. The molecule has 0 bridgehead atoms. The lowest BCUT2D eigenvalue weighted by Crippen LogP contribution is -2.18. The van der Waals surface area contributed by atoms with Crippen LogP contribution in [0.1, 0.15) is 31.8 Å². The Bertz CT molecular complexity index is 1550. The van der Waals surface area contributed by atoms with Crippen LogP contribution in [0.25, 0.3) is 6.08 Å². The largest absolute Gasteiger partial charge is 0.497 e. The molecule has 0 atom stereocenters. The number of hydrazone groups is 1. The van der Waals surface area contributed by atoms with E-state index in [2.05, 4.69) is 31.8 Å². The molecule has 4 rings (SSSR count). The average Bonchev–Trinajstić information content (AvgIpc) is 2.98. The maximum Gasteiger partial charge on any atom is 0.336 e. The zero-order valence-corrected chi connectivity index (χ0v) is 22.9. The van der Waals surface area contributed by atoms with E-state index in [1.54, 1.807) is 79.9 Å². The van der Waals surface area contributed by atoms with E-state index in [0.29, 0.717) is 28.1 Å². The number of carbonyl (C=O) groups is 3. The van der Waals surface area contributed by atoms with Crippen molar-refractivity contribution in [3.05, 3.63) is 130 Å². The SMILES string of the molecule is COc1ccc(C(=O)Nc2ccc(C(=O)N/N=C\c3cc(Br)ccc3OC(=O)/C=C/c3ccccc3)cc2)cc1. The van der Waals surface area contributed by atoms with Crippen LogP contribution >= 0.6 is 15.9 Å². The molecule has 0 spiro atoms. The molecule has 0 aliphatic heterocycles. The van der Waals surface area contributed by atoms with Gasteiger partial charge in [0.25, 0.3) is 11.8 Å². The molecule has 0 unspecified atom stereocenters. The summed E-state index contributed by atoms with van der Waals surface area (Å²) in [5.41, 5.74) is 5.14. The number of methoxy groups -OCH3 is 1. The third kappa shape index (κ3) is 7.99. The fourth-order valence-electron chi connectivity index (χ4n) is 3.46. The molecule has 4 aromatic rings. The quantitative estimate of drug-likeness (QED) is 0.0798. The third-order valence-electron chi connectivity index (χ3n) is 5.52. The second kappa shape index (κ2) is 13.7. The fourth-order valence-corrected chi connectivity index (χ4v) is 3.84. The van der Waals surface area contributed by atoms with Gasteiger partial charge in [-0.15, -0.1) is 0 Å². The van der Waals surface area contributed by atoms with E-state index >= 15 is 0 Å². The molecule has 9 heteroatoms. The number of ether oxygens (including phenoxy) is 2. The lowest BCUT2D eigenvalue weighted by molar-refractivity contribution is -0.128. The smallest absolute Gasteiger partial charge is 0.336 e. The van der Waals surface area contributed by atoms with E-state index in [9.17, 15) is 14.4 Å². The minimum atomic E-state index is -0.552. The van der Waals surface area contributed by atoms with Gasteiger partial charge in [-0.25, -0.2) is 10.2 Å². The van der Waals surface area contributed by atoms with E-state index in [4.69, 9.17) is 9.47 Å². The summed E-state index contributed by atoms with van der Waals surface area (Å²) in [6, 6.07) is 27.5. The van der Waals surface area contributed by atoms with Gasteiger partial charge in [0.15, 0.2) is 0 Å². The summed E-state index contributed by atoms with van der Waals surface area (Å²) in [5.74, 6) is -0.359. The van der Waals surface area contributed by atoms with Crippen molar-refractivity contribution in [1.82, 2.24) is 5.43 Å². The van der Waals surface area contributed by atoms with Gasteiger partial charge < -0.3 is 14.8 Å². The molecule has 40 heavy (non-hydrogen) atoms. The number of halogens is 1. The van der Waals surface area contributed by atoms with Gasteiger partial charge in [0.2, 0.25) is 0 Å². The first kappa shape index (κ1) is 28.0. The highest BCUT2D eigenvalue weighted by molar-refractivity contribution is 9.10. The van der Waals surface area contributed by atoms with Gasteiger partial charge in [-0.1, -0.05) is 46.3 Å². The Balaban J connectivity index is 1.35. The molecular formula is C31H24BrN3O5. The number of hydrogen-bond donors (Lipinski definition) is 2. The third-order valence-corrected chi connectivity index (χ3v) is 6.01. The standard InChI is InChI=1S/C31H24BrN3O5/c1-39-27-15-10-22(11-16-27)30(37)34-26-13-8-23(9-14-26)31(38)35-33-20-24-19-25(32)12-17-28(24)40-29(36)18-7-21-5-3-2-4-6-21/h2-20H,1H3,(H,34,37)(H,35,38)/b18-7+,33-20-. The zero-order chi connectivity index (χ0) is 28.3. The molecule has 0 aromatic heterocycles. The van der Waals surface area contributed by atoms with Gasteiger partial charge in [-0.05, 0) is 78.4 Å². The summed E-state index contributed by atoms with van der Waals surface area (Å²) in [6.45, 7) is 0. The Morgan fingerprint density at radius 2 is 1.50 bits per heavy atom. The molecule has 0 saturated carbocycles. The number of esters is 1. The second-order valence-corrected chi connectivity index (χ2v) is 9.22. The highest BCUT2D eigenvalue weighted by Gasteiger charge is 2.10. The maximum absolute atomic E-state index is 12.6. The van der Waals surface area contributed by atoms with E-state index in [1.807, 2.05) is 30.3 Å². The molecule has 0 saturated heterocycles. The Morgan fingerprint density at radius 3 is 2.20 bits per heavy atom. The Hall–Kier alpha value is -5.02. The predicted molar refractivity (Wildman–Crippen MR) is 158 cm³/mol. The van der Waals surface area contributed by atoms with Crippen LogP contribution in [-0.4, -0.2) is 31.1 Å². The Morgan fingerprint density at radius 1 is 0.825 bits per heavy atom. The van der Waals surface area contributed by atoms with Crippen molar-refractivity contribution in [2.75, 3.05) is 12.4 Å². The molecule has 0 fully saturated rings. The number of rotatable bonds is 9. The first-order valence-electron chi connectivity index (χ1n) is 12.0. The first-order chi connectivity index (χ1) is 19.4. The van der Waals surface area contributed by atoms with Crippen LogP contribution in [0.4, 0.5) is 5.69 Å². The Kier molecular flexibility index (Phi) is 9.58. The van der Waals surface area contributed by atoms with Crippen LogP contribution in [0.2, 0.25) is 0 Å². The van der Waals surface area contributed by atoms with Crippen LogP contribution in [-0.2, 0) is 4.79 Å². The summed E-state index contributed by atoms with van der Waals surface area (Å²) >= 11 is 3.39. The van der Waals surface area contributed by atoms with Crippen LogP contribution in [0.15, 0.2) is 113 Å². The highest BCUT2D eigenvalue weighted by Crippen LogP contribution is 2.22. The van der Waals surface area contributed by atoms with Crippen molar-refractivity contribution in [1.29, 1.82) is 0 Å². The summed E-state index contributed by atoms with van der Waals surface area (Å²) in [7, 11) is 1.56. The number of amides is 2. The second-order valence-electron chi connectivity index (χ2n) is 8.31. The van der Waals surface area contributed by atoms with Crippen LogP contribution in [0.5, 0.6) is 11.5 Å². The van der Waals surface area contributed by atoms with Crippen molar-refractivity contribution < 1.29 is 23.9 Å². The van der Waals surface area contributed by atoms with Crippen LogP contribution < -0.4 is 20.2 Å². The van der Waals surface area contributed by atoms with Gasteiger partial charge in [0.1, 0.15) is 11.5 Å². The molecule has 200 valence electrons. The van der Waals surface area contributed by atoms with Gasteiger partial charge in [0, 0.05) is 32.9 Å². The molecule has 0 radical (unpaired) electrons. The average molecular weight is 598 g/mol. The number of carbonyl (C=O) groups excluding carboxylic acids is 3. The fraction of sp³-hybridized carbons (Fsp3) is 0.0323. The van der Waals surface area contributed by atoms with Crippen molar-refractivity contribution in [3.63, 3.8) is 0 Å². The molecule has 0 heterocycles. The highest BCUT2D eigenvalue weighted by atomic mass is 79.9. The summed E-state index contributed by atoms with van der Waals surface area (Å²) in [6.07, 6.45) is 4.38. The maximum atomic E-state index is 12.6. The van der Waals surface area contributed by atoms with Crippen LogP contribution in [0, 0.1) is 0 Å². The first-order valence-corrected chi connectivity index (χ1v) is 12.8. The summed E-state index contributed by atoms with van der Waals surface area (Å²) < 4.78 is 11.3. The van der Waals surface area contributed by atoms with Crippen molar-refractivity contribution in [2.45, 2.75) is 0 Å². The molecule has 8 nitrogen and oxygen atoms in total. The minimum Gasteiger partial charge on any atom is -0.497 e. The predicted octanol–water partition coefficient (Wildman–Crippen LogP) is 6.09. The van der Waals surface area contributed by atoms with Crippen LogP contribution in [0.3, 0.4) is 0 Å². The lowest BCUT2D eigenvalue weighted by Gasteiger charge is -2.07. The lowest BCUT2D eigenvalue weighted by atomic mass is 10.1. The van der Waals surface area contributed by atoms with Gasteiger partial charge in [-0.2, -0.15) is 5.10 Å². The minimum absolute atomic E-state index is 0.279. The van der Waals surface area contributed by atoms with Gasteiger partial charge >= 0.3 is 5.97 Å². The number of anilines is 1. The van der Waals surface area contributed by atoms with Crippen molar-refractivity contribution in [2.24, 2.45) is 5.10 Å². The summed E-state index contributed by atoms with van der Waals surface area (Å²) in [4.78, 5) is 37.3. The normalized spacial score (nSPS) is 10.8. The number of nitrogens with zero attached hydrogens (tertiary/aromatic N) is 1. The Labute approximate surface area is 239 Å². The van der Waals surface area contributed by atoms with E-state index < -0.39 is 11.9 Å². The number of hydrogen-bond acceptors (Lipinski definition) is 6. The number of benzene rings is 4. The monoisotopic (exact) mass is 597 g/mol. The summed E-state index contributed by atoms with van der Waals surface area (Å²) in [5, 5.41) is 6.79. The zero-order valence-electron chi connectivity index (χ0n) is 21.3. The molecule has 2 N–H and O–H groups in total. The van der Waals surface area contributed by atoms with E-state index in [0.717, 1.165) is 10.0 Å². The van der Waals surface area contributed by atoms with Crippen molar-refractivity contribution >= 4 is 51.7 Å². The molecule has 4 aromatic carbocycles. The molecule has 0 aliphatic rings. The molecule has 2 amide bonds. The van der Waals surface area contributed by atoms with Crippen molar-refractivity contribution in [3.8, 4) is 11.5 Å². The van der Waals surface area contributed by atoms with E-state index in [1.165, 1.54) is 12.3 Å².